The lowest BCUT2D eigenvalue weighted by Crippen LogP contribution is -2.30. The van der Waals surface area contributed by atoms with Crippen molar-refractivity contribution >= 4 is 23.4 Å². The molecule has 1 aliphatic rings. The smallest absolute Gasteiger partial charge is 0.196 e. The lowest BCUT2D eigenvalue weighted by Gasteiger charge is -2.26. The normalized spacial score (nSPS) is 15.1. The van der Waals surface area contributed by atoms with Crippen LogP contribution in [-0.2, 0) is 12.3 Å². The molecule has 7 heteroatoms. The van der Waals surface area contributed by atoms with E-state index in [0.29, 0.717) is 0 Å². The van der Waals surface area contributed by atoms with E-state index in [1.807, 2.05) is 24.3 Å². The van der Waals surface area contributed by atoms with E-state index in [2.05, 4.69) is 19.7 Å². The largest absolute Gasteiger partial charge is 0.296 e. The van der Waals surface area contributed by atoms with Crippen molar-refractivity contribution in [2.75, 3.05) is 13.1 Å². The lowest BCUT2D eigenvalue weighted by atomic mass is 10.1. The van der Waals surface area contributed by atoms with E-state index >= 15 is 0 Å². The van der Waals surface area contributed by atoms with Gasteiger partial charge in [-0.3, -0.25) is 9.47 Å². The summed E-state index contributed by atoms with van der Waals surface area (Å²) in [7, 11) is 0. The molecule has 0 radical (unpaired) electrons. The van der Waals surface area contributed by atoms with E-state index < -0.39 is 0 Å². The molecule has 0 unspecified atom stereocenters. The van der Waals surface area contributed by atoms with Crippen molar-refractivity contribution in [2.24, 2.45) is 0 Å². The maximum Gasteiger partial charge on any atom is 0.196 e. The molecule has 0 aliphatic carbocycles. The maximum absolute atomic E-state index is 13.4. The van der Waals surface area contributed by atoms with Crippen molar-refractivity contribution in [1.29, 1.82) is 0 Å². The third-order valence-electron chi connectivity index (χ3n) is 4.88. The number of aromatic nitrogens is 3. The zero-order valence-electron chi connectivity index (χ0n) is 15.5. The summed E-state index contributed by atoms with van der Waals surface area (Å²) < 4.78 is 15.5. The molecule has 0 spiro atoms. The summed E-state index contributed by atoms with van der Waals surface area (Å²) in [4.78, 5) is 2.42. The average molecular weight is 417 g/mol. The Labute approximate surface area is 173 Å². The van der Waals surface area contributed by atoms with E-state index in [0.717, 1.165) is 47.1 Å². The second-order valence-corrected chi connectivity index (χ2v) is 8.34. The van der Waals surface area contributed by atoms with Crippen molar-refractivity contribution < 1.29 is 4.39 Å². The molecule has 0 atom stereocenters. The molecule has 2 aromatic carbocycles. The second kappa shape index (κ2) is 9.07. The van der Waals surface area contributed by atoms with Crippen molar-refractivity contribution in [1.82, 2.24) is 19.7 Å². The number of halogens is 2. The Balaban J connectivity index is 1.59. The summed E-state index contributed by atoms with van der Waals surface area (Å²) in [6.07, 6.45) is 3.75. The lowest BCUT2D eigenvalue weighted by molar-refractivity contribution is 0.214. The van der Waals surface area contributed by atoms with Crippen LogP contribution in [0.3, 0.4) is 0 Å². The van der Waals surface area contributed by atoms with Crippen LogP contribution in [0.25, 0.3) is 5.69 Å². The fraction of sp³-hybridized carbons (Fsp3) is 0.333. The van der Waals surface area contributed by atoms with Crippen LogP contribution in [-0.4, -0.2) is 32.8 Å². The molecule has 1 fully saturated rings. The first-order valence-electron chi connectivity index (χ1n) is 9.49. The third-order valence-corrected chi connectivity index (χ3v) is 6.13. The maximum atomic E-state index is 13.4. The third kappa shape index (κ3) is 4.74. The molecule has 0 N–H and O–H groups in total. The number of hydrogen-bond acceptors (Lipinski definition) is 4. The minimum atomic E-state index is -0.246. The molecule has 1 aromatic heterocycles. The van der Waals surface area contributed by atoms with Gasteiger partial charge >= 0.3 is 0 Å². The second-order valence-electron chi connectivity index (χ2n) is 6.96. The number of piperidine rings is 1. The minimum Gasteiger partial charge on any atom is -0.296 e. The molecule has 1 aliphatic heterocycles. The highest BCUT2D eigenvalue weighted by molar-refractivity contribution is 7.98. The van der Waals surface area contributed by atoms with E-state index in [-0.39, 0.29) is 5.82 Å². The van der Waals surface area contributed by atoms with Gasteiger partial charge in [-0.15, -0.1) is 10.2 Å². The molecule has 4 nitrogen and oxygen atoms in total. The number of nitrogens with zero attached hydrogens (tertiary/aromatic N) is 4. The molecule has 28 heavy (non-hydrogen) atoms. The summed E-state index contributed by atoms with van der Waals surface area (Å²) in [6, 6.07) is 14.3. The van der Waals surface area contributed by atoms with Gasteiger partial charge in [0.05, 0.1) is 6.54 Å². The van der Waals surface area contributed by atoms with Gasteiger partial charge in [0.15, 0.2) is 11.0 Å². The van der Waals surface area contributed by atoms with Gasteiger partial charge in [0, 0.05) is 16.5 Å². The Morgan fingerprint density at radius 1 is 0.929 bits per heavy atom. The Hall–Kier alpha value is -1.89. The summed E-state index contributed by atoms with van der Waals surface area (Å²) in [5.41, 5.74) is 2.05. The monoisotopic (exact) mass is 416 g/mol. The van der Waals surface area contributed by atoms with Crippen molar-refractivity contribution in [3.05, 3.63) is 70.8 Å². The highest BCUT2D eigenvalue weighted by atomic mass is 35.5. The van der Waals surface area contributed by atoms with Crippen molar-refractivity contribution in [3.8, 4) is 5.69 Å². The fourth-order valence-corrected chi connectivity index (χ4v) is 4.44. The van der Waals surface area contributed by atoms with Crippen molar-refractivity contribution in [3.63, 3.8) is 0 Å². The molecule has 4 rings (SSSR count). The zero-order valence-corrected chi connectivity index (χ0v) is 17.1. The van der Waals surface area contributed by atoms with Crippen molar-refractivity contribution in [2.45, 2.75) is 36.7 Å². The number of benzene rings is 2. The van der Waals surface area contributed by atoms with Gasteiger partial charge in [-0.2, -0.15) is 0 Å². The zero-order chi connectivity index (χ0) is 19.3. The van der Waals surface area contributed by atoms with Gasteiger partial charge in [-0.1, -0.05) is 41.9 Å². The first-order chi connectivity index (χ1) is 13.7. The van der Waals surface area contributed by atoms with Gasteiger partial charge in [0.1, 0.15) is 5.82 Å². The van der Waals surface area contributed by atoms with Gasteiger partial charge in [-0.25, -0.2) is 4.39 Å². The number of hydrogen-bond donors (Lipinski definition) is 0. The van der Waals surface area contributed by atoms with Crippen LogP contribution >= 0.6 is 23.4 Å². The summed E-state index contributed by atoms with van der Waals surface area (Å²) in [5.74, 6) is 1.41. The first kappa shape index (κ1) is 19.4. The topological polar surface area (TPSA) is 34.0 Å². The Morgan fingerprint density at radius 2 is 1.64 bits per heavy atom. The Morgan fingerprint density at radius 3 is 2.36 bits per heavy atom. The summed E-state index contributed by atoms with van der Waals surface area (Å²) >= 11 is 7.60. The molecular weight excluding hydrogens is 395 g/mol. The molecule has 3 aromatic rings. The number of rotatable bonds is 6. The SMILES string of the molecule is Fc1ccc(-n2c(CN3CCCCC3)nnc2SCc2ccc(Cl)cc2)cc1. The average Bonchev–Trinajstić information content (AvgIpc) is 3.11. The predicted octanol–water partition coefficient (Wildman–Crippen LogP) is 5.34. The molecular formula is C21H22ClFN4S. The quantitative estimate of drug-likeness (QED) is 0.508. The molecule has 146 valence electrons. The van der Waals surface area contributed by atoms with Crippen LogP contribution in [0, 0.1) is 5.82 Å². The van der Waals surface area contributed by atoms with E-state index in [1.165, 1.54) is 37.0 Å². The van der Waals surface area contributed by atoms with Crippen LogP contribution < -0.4 is 0 Å². The van der Waals surface area contributed by atoms with Gasteiger partial charge in [-0.05, 0) is 67.9 Å². The van der Waals surface area contributed by atoms with E-state index in [4.69, 9.17) is 11.6 Å². The molecule has 2 heterocycles. The van der Waals surface area contributed by atoms with Gasteiger partial charge in [0.2, 0.25) is 0 Å². The van der Waals surface area contributed by atoms with Gasteiger partial charge in [0.25, 0.3) is 0 Å². The van der Waals surface area contributed by atoms with E-state index in [9.17, 15) is 4.39 Å². The van der Waals surface area contributed by atoms with Crippen LogP contribution in [0.15, 0.2) is 53.7 Å². The fourth-order valence-electron chi connectivity index (χ4n) is 3.39. The molecule has 0 bridgehead atoms. The van der Waals surface area contributed by atoms with Crippen LogP contribution in [0.2, 0.25) is 5.02 Å². The van der Waals surface area contributed by atoms with Crippen LogP contribution in [0.4, 0.5) is 4.39 Å². The first-order valence-corrected chi connectivity index (χ1v) is 10.9. The Kier molecular flexibility index (Phi) is 6.29. The number of thioether (sulfide) groups is 1. The molecule has 0 amide bonds. The predicted molar refractivity (Wildman–Crippen MR) is 111 cm³/mol. The standard InChI is InChI=1S/C21H22ClFN4S/c22-17-6-4-16(5-7-17)15-28-21-25-24-20(14-26-12-2-1-3-13-26)27(21)19-10-8-18(23)9-11-19/h4-11H,1-3,12-15H2. The number of likely N-dealkylation sites (tertiary alicyclic amines) is 1. The summed E-state index contributed by atoms with van der Waals surface area (Å²) in [6.45, 7) is 2.93. The Bertz CT molecular complexity index is 905. The molecule has 1 saturated heterocycles. The minimum absolute atomic E-state index is 0.246. The van der Waals surface area contributed by atoms with Gasteiger partial charge < -0.3 is 0 Å². The highest BCUT2D eigenvalue weighted by Crippen LogP contribution is 2.27. The summed E-state index contributed by atoms with van der Waals surface area (Å²) in [5, 5.41) is 10.5. The van der Waals surface area contributed by atoms with Crippen LogP contribution in [0.1, 0.15) is 30.7 Å². The van der Waals surface area contributed by atoms with E-state index in [1.54, 1.807) is 23.9 Å². The highest BCUT2D eigenvalue weighted by Gasteiger charge is 2.19. The van der Waals surface area contributed by atoms with Crippen LogP contribution in [0.5, 0.6) is 0 Å². The molecule has 0 saturated carbocycles.